The van der Waals surface area contributed by atoms with Crippen LogP contribution in [-0.4, -0.2) is 38.1 Å². The van der Waals surface area contributed by atoms with Crippen molar-refractivity contribution in [2.24, 2.45) is 17.8 Å². The Morgan fingerprint density at radius 3 is 1.70 bits per heavy atom. The highest BCUT2D eigenvalue weighted by molar-refractivity contribution is 8.33. The molecule has 2 bridgehead atoms. The first kappa shape index (κ1) is 36.7. The van der Waals surface area contributed by atoms with E-state index in [2.05, 4.69) is 0 Å². The third-order valence-corrected chi connectivity index (χ3v) is 15.9. The summed E-state index contributed by atoms with van der Waals surface area (Å²) in [6, 6.07) is 33.9. The minimum Gasteiger partial charge on any atom is -0.378 e. The number of halogens is 6. The average molecular weight is 785 g/mol. The minimum absolute atomic E-state index is 0.0996. The maximum Gasteiger partial charge on any atom is 0.442 e. The van der Waals surface area contributed by atoms with Crippen molar-refractivity contribution in [3.05, 3.63) is 156 Å². The fraction of sp³-hybridized carbons (Fsp3) is 0.268. The van der Waals surface area contributed by atoms with Crippen LogP contribution in [0.3, 0.4) is 0 Å². The van der Waals surface area contributed by atoms with Crippen molar-refractivity contribution in [3.63, 3.8) is 0 Å². The van der Waals surface area contributed by atoms with Gasteiger partial charge in [0.1, 0.15) is 17.4 Å². The highest BCUT2D eigenvalue weighted by Crippen LogP contribution is 2.67. The lowest BCUT2D eigenvalue weighted by molar-refractivity contribution is -0.212. The molecule has 1 saturated heterocycles. The van der Waals surface area contributed by atoms with Gasteiger partial charge in [-0.3, -0.25) is 0 Å². The van der Waals surface area contributed by atoms with Crippen LogP contribution in [-0.2, 0) is 25.4 Å². The number of benzene rings is 5. The van der Waals surface area contributed by atoms with Crippen molar-refractivity contribution >= 4 is 20.1 Å². The topological polar surface area (TPSA) is 61.8 Å². The molecule has 3 aliphatic rings. The van der Waals surface area contributed by atoms with Gasteiger partial charge in [-0.2, -0.15) is 36.0 Å². The quantitative estimate of drug-likeness (QED) is 0.104. The van der Waals surface area contributed by atoms with E-state index in [0.29, 0.717) is 25.8 Å². The lowest BCUT2D eigenvalue weighted by Gasteiger charge is -2.38. The Bertz CT molecular complexity index is 2170. The van der Waals surface area contributed by atoms with Crippen molar-refractivity contribution in [1.82, 2.24) is 0 Å². The van der Waals surface area contributed by atoms with Crippen molar-refractivity contribution in [2.45, 2.75) is 56.7 Å². The maximum absolute atomic E-state index is 16.3. The van der Waals surface area contributed by atoms with Crippen molar-refractivity contribution in [3.8, 4) is 5.75 Å². The van der Waals surface area contributed by atoms with Crippen LogP contribution in [0.2, 0.25) is 0 Å². The lowest BCUT2D eigenvalue weighted by atomic mass is 9.81. The summed E-state index contributed by atoms with van der Waals surface area (Å²) in [5.41, 5.74) is 1.21. The lowest BCUT2D eigenvalue weighted by Crippen LogP contribution is -2.56. The van der Waals surface area contributed by atoms with Gasteiger partial charge in [-0.05, 0) is 107 Å². The number of alkyl halides is 4. The molecule has 0 spiro atoms. The Kier molecular flexibility index (Phi) is 8.95. The summed E-state index contributed by atoms with van der Waals surface area (Å²) in [4.78, 5) is 1.51. The molecule has 282 valence electrons. The van der Waals surface area contributed by atoms with Gasteiger partial charge in [0.25, 0.3) is 0 Å². The monoisotopic (exact) mass is 784 g/mol. The molecular weight excluding hydrogens is 751 g/mol. The van der Waals surface area contributed by atoms with E-state index in [4.69, 9.17) is 13.7 Å². The summed E-state index contributed by atoms with van der Waals surface area (Å²) in [5, 5.41) is -5.64. The first-order chi connectivity index (χ1) is 25.7. The van der Waals surface area contributed by atoms with E-state index < -0.39 is 90.9 Å². The molecule has 1 aliphatic heterocycles. The van der Waals surface area contributed by atoms with Gasteiger partial charge >= 0.3 is 21.3 Å². The number of fused-ring (bicyclic) bond motifs is 5. The smallest absolute Gasteiger partial charge is 0.378 e. The van der Waals surface area contributed by atoms with Gasteiger partial charge in [0, 0.05) is 21.9 Å². The van der Waals surface area contributed by atoms with E-state index in [1.54, 1.807) is 73.0 Å². The number of hydrogen-bond acceptors (Lipinski definition) is 5. The molecule has 0 aromatic heterocycles. The molecule has 2 aliphatic carbocycles. The van der Waals surface area contributed by atoms with Crippen LogP contribution in [0.1, 0.15) is 24.0 Å². The Balaban J connectivity index is 1.08. The summed E-state index contributed by atoms with van der Waals surface area (Å²) in [5.74, 6) is -12.0. The van der Waals surface area contributed by atoms with Crippen molar-refractivity contribution < 1.29 is 48.4 Å². The van der Waals surface area contributed by atoms with Crippen LogP contribution >= 0.6 is 10.0 Å². The third kappa shape index (κ3) is 5.73. The van der Waals surface area contributed by atoms with E-state index in [1.807, 2.05) is 0 Å². The van der Waals surface area contributed by atoms with Crippen LogP contribution in [0.4, 0.5) is 26.3 Å². The fourth-order valence-electron chi connectivity index (χ4n) is 8.32. The van der Waals surface area contributed by atoms with Gasteiger partial charge < -0.3 is 13.7 Å². The molecule has 13 heteroatoms. The van der Waals surface area contributed by atoms with E-state index in [-0.39, 0.29) is 6.42 Å². The zero-order chi connectivity index (χ0) is 38.1. The molecular formula is C41H34F6O5S2. The van der Waals surface area contributed by atoms with Crippen LogP contribution < -0.4 is 4.18 Å². The number of hydrogen-bond donors (Lipinski definition) is 0. The predicted molar refractivity (Wildman–Crippen MR) is 190 cm³/mol. The molecule has 3 fully saturated rings. The van der Waals surface area contributed by atoms with Gasteiger partial charge in [-0.25, -0.2) is 8.78 Å². The standard InChI is InChI=1S/C41H34F6O5S2/c1-53(32-19-15-29(42)16-20-32,33-21-17-30(43)18-22-33)34-14-8-13-31(25-34)52-54(48,49)41(46,47)40(44,45)36-24-26-23-35(36)38-37(26)50-39(51-38,27-9-4-2-5-10-27)28-11-6-3-7-12-28/h2-22,25-26,35-38H,23-24H2,1H3. The number of rotatable bonds is 10. The summed E-state index contributed by atoms with van der Waals surface area (Å²) in [6.45, 7) is 0. The molecule has 54 heavy (non-hydrogen) atoms. The molecule has 2 saturated carbocycles. The summed E-state index contributed by atoms with van der Waals surface area (Å²) < 4.78 is 137. The predicted octanol–water partition coefficient (Wildman–Crippen LogP) is 10.2. The van der Waals surface area contributed by atoms with E-state index in [9.17, 15) is 17.2 Å². The van der Waals surface area contributed by atoms with Crippen LogP contribution in [0, 0.1) is 29.4 Å². The highest BCUT2D eigenvalue weighted by atomic mass is 32.3. The second kappa shape index (κ2) is 13.2. The average Bonchev–Trinajstić information content (AvgIpc) is 3.88. The van der Waals surface area contributed by atoms with Gasteiger partial charge in [0.15, 0.2) is 0 Å². The fourth-order valence-corrected chi connectivity index (χ4v) is 12.1. The van der Waals surface area contributed by atoms with Crippen molar-refractivity contribution in [2.75, 3.05) is 6.26 Å². The first-order valence-electron chi connectivity index (χ1n) is 17.2. The molecule has 5 unspecified atom stereocenters. The molecule has 0 N–H and O–H groups in total. The molecule has 0 amide bonds. The zero-order valence-electron chi connectivity index (χ0n) is 28.6. The molecule has 5 aromatic rings. The molecule has 5 nitrogen and oxygen atoms in total. The molecule has 8 rings (SSSR count). The van der Waals surface area contributed by atoms with Crippen molar-refractivity contribution in [1.29, 1.82) is 0 Å². The zero-order valence-corrected chi connectivity index (χ0v) is 30.3. The Labute approximate surface area is 310 Å². The summed E-state index contributed by atoms with van der Waals surface area (Å²) in [6.07, 6.45) is -0.215. The molecule has 1 heterocycles. The second-order valence-corrected chi connectivity index (χ2v) is 18.8. The van der Waals surface area contributed by atoms with Crippen LogP contribution in [0.15, 0.2) is 148 Å². The van der Waals surface area contributed by atoms with Gasteiger partial charge in [0.05, 0.1) is 12.2 Å². The molecule has 5 aromatic carbocycles. The highest BCUT2D eigenvalue weighted by Gasteiger charge is 2.76. The number of ether oxygens (including phenoxy) is 2. The van der Waals surface area contributed by atoms with E-state index >= 15 is 17.6 Å². The normalized spacial score (nSPS) is 23.9. The Morgan fingerprint density at radius 1 is 0.648 bits per heavy atom. The Hall–Kier alpha value is -4.30. The van der Waals surface area contributed by atoms with E-state index in [0.717, 1.165) is 6.07 Å². The maximum atomic E-state index is 16.3. The van der Waals surface area contributed by atoms with Gasteiger partial charge in [-0.15, -0.1) is 0 Å². The molecule has 5 atom stereocenters. The largest absolute Gasteiger partial charge is 0.442 e. The minimum atomic E-state index is -6.30. The molecule has 0 radical (unpaired) electrons. The van der Waals surface area contributed by atoms with Gasteiger partial charge in [-0.1, -0.05) is 66.7 Å². The SMILES string of the molecule is CS(c1ccc(F)cc1)(c1ccc(F)cc1)c1cccc(OS(=O)(=O)C(F)(F)C(F)(F)C2CC3CC2C2OC(c4ccccc4)(c4ccccc4)OC32)c1. The first-order valence-corrected chi connectivity index (χ1v) is 20.7. The Morgan fingerprint density at radius 2 is 1.17 bits per heavy atom. The summed E-state index contributed by atoms with van der Waals surface area (Å²) >= 11 is 0. The van der Waals surface area contributed by atoms with Crippen LogP contribution in [0.25, 0.3) is 0 Å². The summed E-state index contributed by atoms with van der Waals surface area (Å²) in [7, 11) is -8.70. The third-order valence-electron chi connectivity index (χ3n) is 11.0. The van der Waals surface area contributed by atoms with Gasteiger partial charge in [0.2, 0.25) is 5.79 Å². The van der Waals surface area contributed by atoms with E-state index in [1.165, 1.54) is 60.7 Å². The second-order valence-electron chi connectivity index (χ2n) is 14.0. The van der Waals surface area contributed by atoms with Crippen LogP contribution in [0.5, 0.6) is 5.75 Å².